The van der Waals surface area contributed by atoms with E-state index in [0.29, 0.717) is 10.0 Å². The summed E-state index contributed by atoms with van der Waals surface area (Å²) in [6.45, 7) is 2.09. The molecule has 14 heavy (non-hydrogen) atoms. The Bertz CT molecular complexity index is 460. The van der Waals surface area contributed by atoms with Crippen LogP contribution in [0.3, 0.4) is 0 Å². The third-order valence-corrected chi connectivity index (χ3v) is 3.58. The Balaban J connectivity index is 2.47. The van der Waals surface area contributed by atoms with Gasteiger partial charge in [-0.2, -0.15) is 0 Å². The Morgan fingerprint density at radius 3 is 2.36 bits per heavy atom. The van der Waals surface area contributed by atoms with Gasteiger partial charge in [-0.25, -0.2) is 0 Å². The number of benzene rings is 1. The minimum absolute atomic E-state index is 0.599. The first-order valence-corrected chi connectivity index (χ1v) is 5.81. The van der Waals surface area contributed by atoms with Crippen molar-refractivity contribution in [2.45, 2.75) is 6.92 Å². The van der Waals surface area contributed by atoms with Crippen molar-refractivity contribution in [2.24, 2.45) is 0 Å². The summed E-state index contributed by atoms with van der Waals surface area (Å²) in [5.41, 5.74) is 2.31. The molecule has 2 rings (SSSR count). The van der Waals surface area contributed by atoms with Gasteiger partial charge < -0.3 is 0 Å². The Morgan fingerprint density at radius 1 is 1.00 bits per heavy atom. The zero-order valence-electron chi connectivity index (χ0n) is 7.55. The van der Waals surface area contributed by atoms with Crippen LogP contribution in [0.15, 0.2) is 29.6 Å². The van der Waals surface area contributed by atoms with E-state index in [1.165, 1.54) is 10.4 Å². The van der Waals surface area contributed by atoms with Crippen LogP contribution in [0.1, 0.15) is 4.88 Å². The molecule has 3 heteroatoms. The van der Waals surface area contributed by atoms with E-state index in [1.54, 1.807) is 11.3 Å². The molecule has 1 heterocycles. The summed E-state index contributed by atoms with van der Waals surface area (Å²) in [5, 5.41) is 3.32. The van der Waals surface area contributed by atoms with E-state index in [4.69, 9.17) is 23.2 Å². The summed E-state index contributed by atoms with van der Waals surface area (Å²) in [4.78, 5) is 1.30. The highest BCUT2D eigenvalue weighted by atomic mass is 35.5. The molecule has 0 nitrogen and oxygen atoms in total. The predicted octanol–water partition coefficient (Wildman–Crippen LogP) is 5.03. The minimum Gasteiger partial charge on any atom is -0.149 e. The number of aryl methyl sites for hydroxylation is 1. The molecule has 1 aromatic carbocycles. The molecule has 0 saturated carbocycles. The van der Waals surface area contributed by atoms with Gasteiger partial charge in [0.15, 0.2) is 0 Å². The molecule has 0 atom stereocenters. The molecule has 1 aromatic heterocycles. The van der Waals surface area contributed by atoms with Crippen molar-refractivity contribution in [1.29, 1.82) is 0 Å². The van der Waals surface area contributed by atoms with Crippen LogP contribution >= 0.6 is 34.5 Å². The molecule has 0 fully saturated rings. The van der Waals surface area contributed by atoms with E-state index in [0.717, 1.165) is 5.56 Å². The van der Waals surface area contributed by atoms with Gasteiger partial charge in [0.25, 0.3) is 0 Å². The normalized spacial score (nSPS) is 10.5. The molecule has 2 aromatic rings. The zero-order chi connectivity index (χ0) is 10.1. The predicted molar refractivity (Wildman–Crippen MR) is 64.5 cm³/mol. The van der Waals surface area contributed by atoms with Crippen molar-refractivity contribution in [2.75, 3.05) is 0 Å². The maximum atomic E-state index is 5.94. The second-order valence-corrected chi connectivity index (χ2v) is 5.00. The van der Waals surface area contributed by atoms with Crippen molar-refractivity contribution in [3.05, 3.63) is 44.6 Å². The zero-order valence-corrected chi connectivity index (χ0v) is 9.88. The topological polar surface area (TPSA) is 0 Å². The SMILES string of the molecule is Cc1cc(-c2ccc(Cl)c(Cl)c2)cs1. The highest BCUT2D eigenvalue weighted by Gasteiger charge is 2.03. The fourth-order valence-corrected chi connectivity index (χ4v) is 2.28. The third kappa shape index (κ3) is 1.95. The minimum atomic E-state index is 0.599. The summed E-state index contributed by atoms with van der Waals surface area (Å²) >= 11 is 13.5. The number of hydrogen-bond acceptors (Lipinski definition) is 1. The highest BCUT2D eigenvalue weighted by Crippen LogP contribution is 2.30. The van der Waals surface area contributed by atoms with Gasteiger partial charge in [0.1, 0.15) is 0 Å². The lowest BCUT2D eigenvalue weighted by atomic mass is 10.1. The molecule has 0 unspecified atom stereocenters. The van der Waals surface area contributed by atoms with E-state index in [-0.39, 0.29) is 0 Å². The van der Waals surface area contributed by atoms with Crippen LogP contribution in [0.5, 0.6) is 0 Å². The van der Waals surface area contributed by atoms with Crippen LogP contribution in [0.25, 0.3) is 11.1 Å². The largest absolute Gasteiger partial charge is 0.149 e. The van der Waals surface area contributed by atoms with Crippen molar-refractivity contribution in [3.63, 3.8) is 0 Å². The fourth-order valence-electron chi connectivity index (χ4n) is 1.27. The molecular weight excluding hydrogens is 235 g/mol. The Hall–Kier alpha value is -0.500. The fraction of sp³-hybridized carbons (Fsp3) is 0.0909. The van der Waals surface area contributed by atoms with Crippen LogP contribution in [0.2, 0.25) is 10.0 Å². The molecule has 0 bridgehead atoms. The van der Waals surface area contributed by atoms with Gasteiger partial charge in [-0.3, -0.25) is 0 Å². The summed E-state index contributed by atoms with van der Waals surface area (Å²) in [6.07, 6.45) is 0. The van der Waals surface area contributed by atoms with Crippen molar-refractivity contribution in [1.82, 2.24) is 0 Å². The molecule has 0 aliphatic carbocycles. The standard InChI is InChI=1S/C11H8Cl2S/c1-7-4-9(6-14-7)8-2-3-10(12)11(13)5-8/h2-6H,1H3. The van der Waals surface area contributed by atoms with E-state index in [2.05, 4.69) is 18.4 Å². The van der Waals surface area contributed by atoms with Gasteiger partial charge in [-0.05, 0) is 41.6 Å². The van der Waals surface area contributed by atoms with Crippen molar-refractivity contribution in [3.8, 4) is 11.1 Å². The number of thiophene rings is 1. The Morgan fingerprint density at radius 2 is 1.79 bits per heavy atom. The lowest BCUT2D eigenvalue weighted by molar-refractivity contribution is 1.61. The van der Waals surface area contributed by atoms with Crippen LogP contribution in [0.4, 0.5) is 0 Å². The maximum Gasteiger partial charge on any atom is 0.0598 e. The average molecular weight is 243 g/mol. The van der Waals surface area contributed by atoms with E-state index in [9.17, 15) is 0 Å². The molecule has 72 valence electrons. The molecule has 0 aliphatic heterocycles. The van der Waals surface area contributed by atoms with Gasteiger partial charge in [0.2, 0.25) is 0 Å². The third-order valence-electron chi connectivity index (χ3n) is 1.98. The highest BCUT2D eigenvalue weighted by molar-refractivity contribution is 7.10. The summed E-state index contributed by atoms with van der Waals surface area (Å²) in [6, 6.07) is 7.84. The van der Waals surface area contributed by atoms with E-state index in [1.807, 2.05) is 18.2 Å². The molecule has 0 N–H and O–H groups in total. The first-order valence-electron chi connectivity index (χ1n) is 4.17. The molecule has 0 amide bonds. The van der Waals surface area contributed by atoms with Gasteiger partial charge in [0, 0.05) is 4.88 Å². The van der Waals surface area contributed by atoms with Crippen molar-refractivity contribution < 1.29 is 0 Å². The van der Waals surface area contributed by atoms with Crippen LogP contribution < -0.4 is 0 Å². The molecule has 0 radical (unpaired) electrons. The lowest BCUT2D eigenvalue weighted by Crippen LogP contribution is -1.74. The Labute approximate surface area is 97.1 Å². The molecule has 0 aliphatic rings. The monoisotopic (exact) mass is 242 g/mol. The molecule has 0 spiro atoms. The van der Waals surface area contributed by atoms with Gasteiger partial charge in [0.05, 0.1) is 10.0 Å². The number of halogens is 2. The summed E-state index contributed by atoms with van der Waals surface area (Å²) in [5.74, 6) is 0. The van der Waals surface area contributed by atoms with Gasteiger partial charge in [-0.1, -0.05) is 29.3 Å². The first kappa shape index (κ1) is 10.0. The summed E-state index contributed by atoms with van der Waals surface area (Å²) < 4.78 is 0. The van der Waals surface area contributed by atoms with Crippen LogP contribution in [0, 0.1) is 6.92 Å². The first-order chi connectivity index (χ1) is 6.66. The van der Waals surface area contributed by atoms with Crippen LogP contribution in [-0.4, -0.2) is 0 Å². The Kier molecular flexibility index (Phi) is 2.82. The van der Waals surface area contributed by atoms with E-state index >= 15 is 0 Å². The lowest BCUT2D eigenvalue weighted by Gasteiger charge is -1.99. The summed E-state index contributed by atoms with van der Waals surface area (Å²) in [7, 11) is 0. The smallest absolute Gasteiger partial charge is 0.0598 e. The number of rotatable bonds is 1. The maximum absolute atomic E-state index is 5.94. The quantitative estimate of drug-likeness (QED) is 0.658. The molecule has 0 saturated heterocycles. The van der Waals surface area contributed by atoms with Crippen LogP contribution in [-0.2, 0) is 0 Å². The average Bonchev–Trinajstić information content (AvgIpc) is 2.57. The second-order valence-electron chi connectivity index (χ2n) is 3.07. The molecular formula is C11H8Cl2S. The number of hydrogen-bond donors (Lipinski definition) is 0. The van der Waals surface area contributed by atoms with Crippen molar-refractivity contribution >= 4 is 34.5 Å². The van der Waals surface area contributed by atoms with Gasteiger partial charge >= 0.3 is 0 Å². The van der Waals surface area contributed by atoms with Gasteiger partial charge in [-0.15, -0.1) is 11.3 Å². The van der Waals surface area contributed by atoms with E-state index < -0.39 is 0 Å². The second kappa shape index (κ2) is 3.93.